The average Bonchev–Trinajstić information content (AvgIpc) is 3.35. The molecule has 2 aromatic rings. The van der Waals surface area contributed by atoms with Crippen molar-refractivity contribution >= 4 is 11.5 Å². The van der Waals surface area contributed by atoms with Gasteiger partial charge in [-0.15, -0.1) is 0 Å². The standard InChI is InChI=1S/C24H25F2N3O2/c1-2-5-29-22(30)17-10-20(24-11-13-6-14(12-24)8-15(24)7-13)27-21(17)28-23(29)31-16-3-4-18(25)19(26)9-16/h3-4,9,13-15H,2,5-8,10-12H2,1H3. The molecule has 0 amide bonds. The summed E-state index contributed by atoms with van der Waals surface area (Å²) in [6.07, 6.45) is 7.63. The van der Waals surface area contributed by atoms with Gasteiger partial charge in [0.05, 0.1) is 5.56 Å². The Kier molecular flexibility index (Phi) is 4.14. The number of rotatable bonds is 5. The highest BCUT2D eigenvalue weighted by molar-refractivity contribution is 5.98. The minimum atomic E-state index is -1.01. The molecule has 0 saturated heterocycles. The normalized spacial score (nSPS) is 30.0. The molecule has 162 valence electrons. The van der Waals surface area contributed by atoms with Crippen LogP contribution in [0.15, 0.2) is 28.0 Å². The molecule has 1 aromatic carbocycles. The second-order valence-corrected chi connectivity index (χ2v) is 9.77. The number of benzene rings is 1. The summed E-state index contributed by atoms with van der Waals surface area (Å²) in [6.45, 7) is 2.40. The molecule has 1 aromatic heterocycles. The van der Waals surface area contributed by atoms with E-state index in [1.165, 1.54) is 42.7 Å². The maximum atomic E-state index is 13.6. The van der Waals surface area contributed by atoms with Gasteiger partial charge >= 0.3 is 6.01 Å². The molecule has 2 heterocycles. The van der Waals surface area contributed by atoms with Crippen LogP contribution in [0, 0.1) is 34.8 Å². The third-order valence-corrected chi connectivity index (χ3v) is 7.90. The van der Waals surface area contributed by atoms with Crippen molar-refractivity contribution in [3.05, 3.63) is 45.8 Å². The molecular weight excluding hydrogens is 400 g/mol. The summed E-state index contributed by atoms with van der Waals surface area (Å²) >= 11 is 0. The Balaban J connectivity index is 1.39. The predicted molar refractivity (Wildman–Crippen MR) is 112 cm³/mol. The van der Waals surface area contributed by atoms with Crippen LogP contribution in [0.4, 0.5) is 14.6 Å². The number of aliphatic imine (C=N–C) groups is 1. The Morgan fingerprint density at radius 3 is 2.65 bits per heavy atom. The van der Waals surface area contributed by atoms with Gasteiger partial charge in [0, 0.05) is 30.2 Å². The minimum absolute atomic E-state index is 0.0800. The topological polar surface area (TPSA) is 56.5 Å². The maximum Gasteiger partial charge on any atom is 0.306 e. The van der Waals surface area contributed by atoms with Crippen molar-refractivity contribution in [3.8, 4) is 11.8 Å². The van der Waals surface area contributed by atoms with Crippen molar-refractivity contribution in [2.75, 3.05) is 0 Å². The van der Waals surface area contributed by atoms with E-state index in [2.05, 4.69) is 4.98 Å². The van der Waals surface area contributed by atoms with Gasteiger partial charge in [-0.1, -0.05) is 6.92 Å². The van der Waals surface area contributed by atoms with Crippen LogP contribution in [-0.4, -0.2) is 15.3 Å². The van der Waals surface area contributed by atoms with Crippen LogP contribution in [-0.2, 0) is 13.0 Å². The molecule has 4 bridgehead atoms. The molecule has 1 aliphatic heterocycles. The van der Waals surface area contributed by atoms with E-state index in [1.807, 2.05) is 6.92 Å². The summed E-state index contributed by atoms with van der Waals surface area (Å²) in [5, 5.41) is 0. The third-order valence-electron chi connectivity index (χ3n) is 7.90. The molecule has 0 radical (unpaired) electrons. The van der Waals surface area contributed by atoms with E-state index in [1.54, 1.807) is 0 Å². The smallest absolute Gasteiger partial charge is 0.306 e. The molecule has 5 aliphatic rings. The van der Waals surface area contributed by atoms with Gasteiger partial charge in [-0.05, 0) is 68.4 Å². The first kappa shape index (κ1) is 19.1. The lowest BCUT2D eigenvalue weighted by Crippen LogP contribution is -2.34. The van der Waals surface area contributed by atoms with E-state index in [0.29, 0.717) is 30.3 Å². The zero-order valence-electron chi connectivity index (χ0n) is 17.5. The van der Waals surface area contributed by atoms with Crippen LogP contribution >= 0.6 is 0 Å². The summed E-state index contributed by atoms with van der Waals surface area (Å²) in [5.41, 5.74) is 1.78. The van der Waals surface area contributed by atoms with E-state index in [-0.39, 0.29) is 22.7 Å². The number of hydrogen-bond donors (Lipinski definition) is 0. The van der Waals surface area contributed by atoms with Gasteiger partial charge in [0.1, 0.15) is 5.75 Å². The zero-order valence-corrected chi connectivity index (χ0v) is 17.5. The molecule has 4 aliphatic carbocycles. The van der Waals surface area contributed by atoms with E-state index >= 15 is 0 Å². The Hall–Kier alpha value is -2.57. The quantitative estimate of drug-likeness (QED) is 0.663. The molecule has 31 heavy (non-hydrogen) atoms. The predicted octanol–water partition coefficient (Wildman–Crippen LogP) is 5.18. The summed E-state index contributed by atoms with van der Waals surface area (Å²) in [7, 11) is 0. The number of halogens is 2. The molecule has 0 N–H and O–H groups in total. The van der Waals surface area contributed by atoms with Crippen LogP contribution in [0.3, 0.4) is 0 Å². The fourth-order valence-electron chi connectivity index (χ4n) is 6.85. The van der Waals surface area contributed by atoms with Crippen LogP contribution in [0.2, 0.25) is 0 Å². The largest absolute Gasteiger partial charge is 0.425 e. The Labute approximate surface area is 179 Å². The van der Waals surface area contributed by atoms with Crippen molar-refractivity contribution in [3.63, 3.8) is 0 Å². The molecule has 7 heteroatoms. The van der Waals surface area contributed by atoms with E-state index in [0.717, 1.165) is 36.1 Å². The van der Waals surface area contributed by atoms with Gasteiger partial charge in [-0.25, -0.2) is 13.8 Å². The number of aromatic nitrogens is 2. The number of hydrogen-bond acceptors (Lipinski definition) is 4. The fraction of sp³-hybridized carbons (Fsp3) is 0.542. The first-order chi connectivity index (χ1) is 15.0. The number of nitrogens with zero attached hydrogens (tertiary/aromatic N) is 3. The SMILES string of the molecule is CCCn1c(Oc2ccc(F)c(F)c2)nc2c(c1=O)CC(C13CC4CC(CC1C4)C3)=N2. The number of fused-ring (bicyclic) bond motifs is 1. The maximum absolute atomic E-state index is 13.6. The molecule has 0 spiro atoms. The van der Waals surface area contributed by atoms with Gasteiger partial charge in [0.15, 0.2) is 17.5 Å². The van der Waals surface area contributed by atoms with Crippen LogP contribution in [0.1, 0.15) is 51.0 Å². The molecule has 2 atom stereocenters. The fourth-order valence-corrected chi connectivity index (χ4v) is 6.85. The minimum Gasteiger partial charge on any atom is -0.425 e. The van der Waals surface area contributed by atoms with Gasteiger partial charge in [0.25, 0.3) is 5.56 Å². The Bertz CT molecular complexity index is 1160. The molecule has 7 rings (SSSR count). The summed E-state index contributed by atoms with van der Waals surface area (Å²) in [5.74, 6) is 0.888. The lowest BCUT2D eigenvalue weighted by molar-refractivity contribution is 0.262. The van der Waals surface area contributed by atoms with Gasteiger partial charge in [-0.3, -0.25) is 9.36 Å². The average molecular weight is 425 g/mol. The van der Waals surface area contributed by atoms with Crippen molar-refractivity contribution in [1.82, 2.24) is 9.55 Å². The highest BCUT2D eigenvalue weighted by Gasteiger charge is 2.60. The van der Waals surface area contributed by atoms with Gasteiger partial charge in [0.2, 0.25) is 0 Å². The third kappa shape index (κ3) is 2.81. The highest BCUT2D eigenvalue weighted by atomic mass is 19.2. The second kappa shape index (κ2) is 6.71. The lowest BCUT2D eigenvalue weighted by Gasteiger charge is -2.33. The van der Waals surface area contributed by atoms with Crippen molar-refractivity contribution in [2.24, 2.45) is 28.2 Å². The summed E-state index contributed by atoms with van der Waals surface area (Å²) < 4.78 is 34.2. The van der Waals surface area contributed by atoms with Crippen molar-refractivity contribution in [1.29, 1.82) is 0 Å². The van der Waals surface area contributed by atoms with Crippen LogP contribution in [0.5, 0.6) is 11.8 Å². The number of ether oxygens (including phenoxy) is 1. The molecule has 5 nitrogen and oxygen atoms in total. The lowest BCUT2D eigenvalue weighted by atomic mass is 9.71. The molecule has 4 saturated carbocycles. The molecule has 2 unspecified atom stereocenters. The Morgan fingerprint density at radius 2 is 1.94 bits per heavy atom. The van der Waals surface area contributed by atoms with E-state index in [9.17, 15) is 13.6 Å². The highest BCUT2D eigenvalue weighted by Crippen LogP contribution is 2.66. The first-order valence-corrected chi connectivity index (χ1v) is 11.3. The zero-order chi connectivity index (χ0) is 21.3. The van der Waals surface area contributed by atoms with E-state index < -0.39 is 11.6 Å². The van der Waals surface area contributed by atoms with Crippen LogP contribution < -0.4 is 10.3 Å². The second-order valence-electron chi connectivity index (χ2n) is 9.77. The Morgan fingerprint density at radius 1 is 1.16 bits per heavy atom. The monoisotopic (exact) mass is 425 g/mol. The van der Waals surface area contributed by atoms with Crippen molar-refractivity contribution < 1.29 is 13.5 Å². The van der Waals surface area contributed by atoms with Crippen molar-refractivity contribution in [2.45, 2.75) is 58.4 Å². The van der Waals surface area contributed by atoms with Gasteiger partial charge < -0.3 is 4.74 Å². The van der Waals surface area contributed by atoms with Crippen LogP contribution in [0.25, 0.3) is 0 Å². The molecule has 4 fully saturated rings. The summed E-state index contributed by atoms with van der Waals surface area (Å²) in [6, 6.07) is 3.38. The van der Waals surface area contributed by atoms with Gasteiger partial charge in [-0.2, -0.15) is 4.98 Å². The molecular formula is C24H25F2N3O2. The summed E-state index contributed by atoms with van der Waals surface area (Å²) in [4.78, 5) is 22.8. The first-order valence-electron chi connectivity index (χ1n) is 11.3. The van der Waals surface area contributed by atoms with E-state index in [4.69, 9.17) is 9.73 Å².